The number of benzene rings is 2. The SMILES string of the molecule is O=C(O)COC1(c2ccncc2Br)CCC2(CCN(C(=O)OCC3c4ccccc4-c4ccccc43)C2)CC1. The molecule has 0 bridgehead atoms. The fourth-order valence-electron chi connectivity index (χ4n) is 6.80. The van der Waals surface area contributed by atoms with E-state index in [0.717, 1.165) is 29.3 Å². The molecule has 202 valence electrons. The van der Waals surface area contributed by atoms with E-state index >= 15 is 0 Å². The van der Waals surface area contributed by atoms with E-state index in [4.69, 9.17) is 9.47 Å². The van der Waals surface area contributed by atoms with Crippen LogP contribution in [0.25, 0.3) is 11.1 Å². The van der Waals surface area contributed by atoms with Gasteiger partial charge in [-0.05, 0) is 81.8 Å². The van der Waals surface area contributed by atoms with Gasteiger partial charge in [-0.15, -0.1) is 0 Å². The predicted octanol–water partition coefficient (Wildman–Crippen LogP) is 6.36. The summed E-state index contributed by atoms with van der Waals surface area (Å²) in [4.78, 5) is 30.6. The molecule has 2 fully saturated rings. The minimum atomic E-state index is -0.984. The summed E-state index contributed by atoms with van der Waals surface area (Å²) >= 11 is 3.58. The van der Waals surface area contributed by atoms with Crippen molar-refractivity contribution in [1.29, 1.82) is 0 Å². The normalized spacial score (nSPS) is 24.0. The summed E-state index contributed by atoms with van der Waals surface area (Å²) in [6, 6.07) is 18.6. The van der Waals surface area contributed by atoms with Crippen LogP contribution in [0.1, 0.15) is 54.7 Å². The molecule has 7 nitrogen and oxygen atoms in total. The zero-order valence-electron chi connectivity index (χ0n) is 21.6. The van der Waals surface area contributed by atoms with E-state index in [1.165, 1.54) is 22.3 Å². The van der Waals surface area contributed by atoms with Crippen molar-refractivity contribution >= 4 is 28.0 Å². The van der Waals surface area contributed by atoms with Crippen LogP contribution in [-0.2, 0) is 19.9 Å². The highest BCUT2D eigenvalue weighted by molar-refractivity contribution is 9.10. The van der Waals surface area contributed by atoms with Crippen molar-refractivity contribution in [2.24, 2.45) is 5.41 Å². The van der Waals surface area contributed by atoms with Crippen molar-refractivity contribution in [2.75, 3.05) is 26.3 Å². The minimum Gasteiger partial charge on any atom is -0.480 e. The van der Waals surface area contributed by atoms with Crippen LogP contribution in [0.2, 0.25) is 0 Å². The highest BCUT2D eigenvalue weighted by atomic mass is 79.9. The Morgan fingerprint density at radius 3 is 2.28 bits per heavy atom. The second-order valence-electron chi connectivity index (χ2n) is 11.0. The first kappa shape index (κ1) is 26.0. The maximum absolute atomic E-state index is 13.2. The van der Waals surface area contributed by atoms with Crippen LogP contribution in [-0.4, -0.2) is 53.4 Å². The van der Waals surface area contributed by atoms with Crippen molar-refractivity contribution in [1.82, 2.24) is 9.88 Å². The van der Waals surface area contributed by atoms with Crippen LogP contribution in [0.5, 0.6) is 0 Å². The summed E-state index contributed by atoms with van der Waals surface area (Å²) in [5, 5.41) is 9.31. The Hall–Kier alpha value is -3.23. The van der Waals surface area contributed by atoms with Gasteiger partial charge in [0.2, 0.25) is 0 Å². The minimum absolute atomic E-state index is 0.0127. The van der Waals surface area contributed by atoms with Gasteiger partial charge in [-0.25, -0.2) is 9.59 Å². The predicted molar refractivity (Wildman–Crippen MR) is 149 cm³/mol. The average Bonchev–Trinajstić information content (AvgIpc) is 3.52. The van der Waals surface area contributed by atoms with Gasteiger partial charge >= 0.3 is 12.1 Å². The van der Waals surface area contributed by atoms with Gasteiger partial charge in [-0.3, -0.25) is 4.98 Å². The fourth-order valence-corrected chi connectivity index (χ4v) is 7.42. The van der Waals surface area contributed by atoms with E-state index in [9.17, 15) is 14.7 Å². The molecule has 1 saturated heterocycles. The Morgan fingerprint density at radius 2 is 1.64 bits per heavy atom. The van der Waals surface area contributed by atoms with Gasteiger partial charge in [0.25, 0.3) is 0 Å². The zero-order valence-corrected chi connectivity index (χ0v) is 23.2. The molecular weight excluding hydrogens is 560 g/mol. The molecule has 1 aliphatic heterocycles. The first-order valence-corrected chi connectivity index (χ1v) is 14.2. The zero-order chi connectivity index (χ0) is 27.0. The summed E-state index contributed by atoms with van der Waals surface area (Å²) in [7, 11) is 0. The summed E-state index contributed by atoms with van der Waals surface area (Å²) < 4.78 is 12.8. The number of hydrogen-bond acceptors (Lipinski definition) is 5. The first-order chi connectivity index (χ1) is 18.9. The number of aromatic nitrogens is 1. The molecule has 0 atom stereocenters. The largest absolute Gasteiger partial charge is 0.480 e. The van der Waals surface area contributed by atoms with E-state index in [0.29, 0.717) is 32.5 Å². The lowest BCUT2D eigenvalue weighted by Crippen LogP contribution is -2.42. The number of carboxylic acids is 1. The Balaban J connectivity index is 1.11. The van der Waals surface area contributed by atoms with Gasteiger partial charge in [-0.2, -0.15) is 0 Å². The Labute approximate surface area is 236 Å². The molecule has 0 radical (unpaired) electrons. The number of pyridine rings is 1. The van der Waals surface area contributed by atoms with E-state index in [2.05, 4.69) is 45.2 Å². The molecule has 0 unspecified atom stereocenters. The molecule has 39 heavy (non-hydrogen) atoms. The average molecular weight is 592 g/mol. The highest BCUT2D eigenvalue weighted by Gasteiger charge is 2.49. The summed E-state index contributed by atoms with van der Waals surface area (Å²) in [6.07, 6.45) is 7.13. The van der Waals surface area contributed by atoms with Crippen LogP contribution < -0.4 is 0 Å². The monoisotopic (exact) mass is 590 g/mol. The summed E-state index contributed by atoms with van der Waals surface area (Å²) in [5.74, 6) is -0.944. The third-order valence-corrected chi connectivity index (χ3v) is 9.52. The third-order valence-electron chi connectivity index (χ3n) is 8.89. The molecule has 2 heterocycles. The van der Waals surface area contributed by atoms with Gasteiger partial charge in [0.1, 0.15) is 13.2 Å². The van der Waals surface area contributed by atoms with E-state index in [1.807, 2.05) is 35.2 Å². The molecule has 1 amide bonds. The molecule has 1 spiro atoms. The molecule has 8 heteroatoms. The third kappa shape index (κ3) is 4.85. The van der Waals surface area contributed by atoms with Gasteiger partial charge in [0.15, 0.2) is 0 Å². The number of halogens is 1. The van der Waals surface area contributed by atoms with Crippen LogP contribution in [0.15, 0.2) is 71.5 Å². The number of carbonyl (C=O) groups excluding carboxylic acids is 1. The van der Waals surface area contributed by atoms with E-state index < -0.39 is 11.6 Å². The molecule has 2 aromatic carbocycles. The van der Waals surface area contributed by atoms with Crippen molar-refractivity contribution < 1.29 is 24.2 Å². The molecule has 3 aliphatic rings. The molecule has 1 saturated carbocycles. The van der Waals surface area contributed by atoms with Crippen molar-refractivity contribution in [3.63, 3.8) is 0 Å². The number of likely N-dealkylation sites (tertiary alicyclic amines) is 1. The highest BCUT2D eigenvalue weighted by Crippen LogP contribution is 2.53. The molecule has 2 aliphatic carbocycles. The molecule has 1 N–H and O–H groups in total. The number of nitrogens with zero attached hydrogens (tertiary/aromatic N) is 2. The summed E-state index contributed by atoms with van der Waals surface area (Å²) in [6.45, 7) is 1.28. The van der Waals surface area contributed by atoms with Crippen LogP contribution in [0.4, 0.5) is 4.79 Å². The Bertz CT molecular complexity index is 1360. The second kappa shape index (κ2) is 10.4. The standard InChI is InChI=1S/C31H31BrN2O5/c32-27-17-33-15-9-26(27)31(39-19-28(35)36)12-10-30(11-13-31)14-16-34(20-30)29(37)38-18-25-23-7-3-1-5-21(23)22-6-2-4-8-24(22)25/h1-9,15,17,25H,10-14,16,18-20H2,(H,35,36). The van der Waals surface area contributed by atoms with Crippen LogP contribution >= 0.6 is 15.9 Å². The number of fused-ring (bicyclic) bond motifs is 3. The van der Waals surface area contributed by atoms with Gasteiger partial charge in [-0.1, -0.05) is 48.5 Å². The second-order valence-corrected chi connectivity index (χ2v) is 11.9. The number of ether oxygens (including phenoxy) is 2. The Kier molecular flexibility index (Phi) is 6.93. The van der Waals surface area contributed by atoms with Crippen LogP contribution in [0, 0.1) is 5.41 Å². The quantitative estimate of drug-likeness (QED) is 0.359. The number of rotatable bonds is 6. The number of hydrogen-bond donors (Lipinski definition) is 1. The maximum Gasteiger partial charge on any atom is 0.409 e. The number of carboxylic acid groups (broad SMARTS) is 1. The van der Waals surface area contributed by atoms with Gasteiger partial charge < -0.3 is 19.5 Å². The van der Waals surface area contributed by atoms with E-state index in [-0.39, 0.29) is 24.0 Å². The number of aliphatic carboxylic acids is 1. The lowest BCUT2D eigenvalue weighted by molar-refractivity contribution is -0.156. The molecular formula is C31H31BrN2O5. The Morgan fingerprint density at radius 1 is 0.974 bits per heavy atom. The lowest BCUT2D eigenvalue weighted by atomic mass is 9.66. The molecule has 6 rings (SSSR count). The molecule has 1 aromatic heterocycles. The maximum atomic E-state index is 13.2. The smallest absolute Gasteiger partial charge is 0.409 e. The number of amides is 1. The van der Waals surface area contributed by atoms with Crippen LogP contribution in [0.3, 0.4) is 0 Å². The van der Waals surface area contributed by atoms with E-state index in [1.54, 1.807) is 12.4 Å². The number of carbonyl (C=O) groups is 2. The van der Waals surface area contributed by atoms with Gasteiger partial charge in [0, 0.05) is 41.4 Å². The van der Waals surface area contributed by atoms with Crippen molar-refractivity contribution in [2.45, 2.75) is 43.6 Å². The molecule has 3 aromatic rings. The lowest BCUT2D eigenvalue weighted by Gasteiger charge is -2.45. The first-order valence-electron chi connectivity index (χ1n) is 13.5. The summed E-state index contributed by atoms with van der Waals surface area (Å²) in [5.41, 5.74) is 5.06. The topological polar surface area (TPSA) is 89.0 Å². The van der Waals surface area contributed by atoms with Crippen molar-refractivity contribution in [3.05, 3.63) is 88.2 Å². The van der Waals surface area contributed by atoms with Crippen molar-refractivity contribution in [3.8, 4) is 11.1 Å². The fraction of sp³-hybridized carbons (Fsp3) is 0.387. The van der Waals surface area contributed by atoms with Gasteiger partial charge in [0.05, 0.1) is 5.60 Å².